The molecule has 2 heterocycles. The Morgan fingerprint density at radius 2 is 2.07 bits per heavy atom. The van der Waals surface area contributed by atoms with Crippen LogP contribution in [0, 0.1) is 5.82 Å². The summed E-state index contributed by atoms with van der Waals surface area (Å²) < 4.78 is 28.4. The molecule has 3 rings (SSSR count). The Kier molecular flexibility index (Phi) is 10.2. The summed E-state index contributed by atoms with van der Waals surface area (Å²) in [5, 5.41) is 2.26. The monoisotopic (exact) mass is 431 g/mol. The molecule has 0 radical (unpaired) electrons. The molecular weight excluding hydrogens is 418 g/mol. The van der Waals surface area contributed by atoms with Crippen LogP contribution < -0.4 is 78.9 Å². The first-order chi connectivity index (χ1) is 11.8. The first-order valence-corrected chi connectivity index (χ1v) is 9.64. The van der Waals surface area contributed by atoms with Gasteiger partial charge in [-0.3, -0.25) is 9.80 Å². The number of phosphoric ester groups is 1. The van der Waals surface area contributed by atoms with E-state index in [1.54, 1.807) is 5.01 Å². The maximum absolute atomic E-state index is 13.3. The van der Waals surface area contributed by atoms with Crippen LogP contribution >= 0.6 is 19.6 Å². The van der Waals surface area contributed by atoms with E-state index in [0.29, 0.717) is 11.7 Å². The number of rotatable bonds is 3. The van der Waals surface area contributed by atoms with E-state index in [0.717, 1.165) is 43.3 Å². The summed E-state index contributed by atoms with van der Waals surface area (Å²) in [6, 6.07) is 3.06. The Morgan fingerprint density at radius 1 is 1.33 bits per heavy atom. The summed E-state index contributed by atoms with van der Waals surface area (Å²) in [6.07, 6.45) is 3.32. The molecule has 27 heavy (non-hydrogen) atoms. The first kappa shape index (κ1) is 25.3. The van der Waals surface area contributed by atoms with Crippen molar-refractivity contribution in [1.82, 2.24) is 10.4 Å². The fourth-order valence-electron chi connectivity index (χ4n) is 2.33. The van der Waals surface area contributed by atoms with Crippen LogP contribution in [0.2, 0.25) is 0 Å². The average Bonchev–Trinajstić information content (AvgIpc) is 2.90. The fraction of sp³-hybridized carbons (Fsp3) is 0.286. The summed E-state index contributed by atoms with van der Waals surface area (Å²) >= 11 is 1.10. The van der Waals surface area contributed by atoms with Crippen LogP contribution in [0.5, 0.6) is 5.75 Å². The summed E-state index contributed by atoms with van der Waals surface area (Å²) in [4.78, 5) is 37.9. The summed E-state index contributed by atoms with van der Waals surface area (Å²) in [5.41, 5.74) is 3.21. The van der Waals surface area contributed by atoms with Gasteiger partial charge in [0.05, 0.1) is 4.91 Å². The third kappa shape index (κ3) is 7.24. The molecule has 0 aromatic heterocycles. The Labute approximate surface area is 203 Å². The molecule has 1 saturated heterocycles. The molecule has 1 fully saturated rings. The maximum atomic E-state index is 13.3. The molecule has 0 saturated carbocycles. The van der Waals surface area contributed by atoms with Gasteiger partial charge < -0.3 is 18.9 Å². The van der Waals surface area contributed by atoms with Crippen LogP contribution in [-0.4, -0.2) is 29.2 Å². The average molecular weight is 431 g/mol. The van der Waals surface area contributed by atoms with Crippen molar-refractivity contribution >= 4 is 36.7 Å². The SMILES string of the molecule is O=C1N=C(N2CCCCN2)SC1=Cc1ccc(F)cc1OP(=O)([O-])[O-].[Na+].[Na+]. The van der Waals surface area contributed by atoms with E-state index in [1.807, 2.05) is 0 Å². The Balaban J connectivity index is 0.00000182. The van der Waals surface area contributed by atoms with Gasteiger partial charge >= 0.3 is 59.1 Å². The second-order valence-corrected chi connectivity index (χ2v) is 7.38. The normalized spacial score (nSPS) is 18.6. The van der Waals surface area contributed by atoms with Crippen molar-refractivity contribution in [3.05, 3.63) is 34.5 Å². The van der Waals surface area contributed by atoms with Gasteiger partial charge in [0.2, 0.25) is 0 Å². The van der Waals surface area contributed by atoms with Crippen molar-refractivity contribution < 1.29 is 87.2 Å². The second-order valence-electron chi connectivity index (χ2n) is 5.30. The molecular formula is C14H13FN3Na2O5PS. The van der Waals surface area contributed by atoms with Crippen LogP contribution in [0.1, 0.15) is 18.4 Å². The number of nitrogens with one attached hydrogen (secondary N) is 1. The predicted molar refractivity (Wildman–Crippen MR) is 86.6 cm³/mol. The molecule has 2 aliphatic heterocycles. The predicted octanol–water partition coefficient (Wildman–Crippen LogP) is -5.39. The molecule has 8 nitrogen and oxygen atoms in total. The number of nitrogens with zero attached hydrogens (tertiary/aromatic N) is 2. The molecule has 0 atom stereocenters. The van der Waals surface area contributed by atoms with E-state index in [-0.39, 0.29) is 69.6 Å². The van der Waals surface area contributed by atoms with Crippen LogP contribution in [0.25, 0.3) is 6.08 Å². The summed E-state index contributed by atoms with van der Waals surface area (Å²) in [5.74, 6) is -1.75. The van der Waals surface area contributed by atoms with Crippen molar-refractivity contribution in [2.75, 3.05) is 13.1 Å². The Bertz CT molecular complexity index is 814. The van der Waals surface area contributed by atoms with Crippen molar-refractivity contribution in [3.63, 3.8) is 0 Å². The van der Waals surface area contributed by atoms with Gasteiger partial charge in [0.1, 0.15) is 19.4 Å². The van der Waals surface area contributed by atoms with Crippen LogP contribution in [-0.2, 0) is 9.36 Å². The van der Waals surface area contributed by atoms with Gasteiger partial charge in [-0.2, -0.15) is 4.99 Å². The van der Waals surface area contributed by atoms with Gasteiger partial charge in [0, 0.05) is 24.7 Å². The third-order valence-electron chi connectivity index (χ3n) is 3.42. The number of benzene rings is 1. The smallest absolute Gasteiger partial charge is 0.780 e. The van der Waals surface area contributed by atoms with Gasteiger partial charge in [0.15, 0.2) is 5.17 Å². The molecule has 13 heteroatoms. The Hall–Kier alpha value is 0.290. The number of aliphatic imine (C=N–C) groups is 1. The van der Waals surface area contributed by atoms with Crippen molar-refractivity contribution in [1.29, 1.82) is 0 Å². The largest absolute Gasteiger partial charge is 1.00 e. The van der Waals surface area contributed by atoms with E-state index in [9.17, 15) is 23.5 Å². The van der Waals surface area contributed by atoms with Gasteiger partial charge in [-0.1, -0.05) is 0 Å². The number of amides is 1. The molecule has 1 aromatic rings. The first-order valence-electron chi connectivity index (χ1n) is 7.37. The van der Waals surface area contributed by atoms with Crippen LogP contribution in [0.15, 0.2) is 28.1 Å². The van der Waals surface area contributed by atoms with Gasteiger partial charge in [-0.25, -0.2) is 9.82 Å². The minimum Gasteiger partial charge on any atom is -0.780 e. The molecule has 1 amide bonds. The van der Waals surface area contributed by atoms with Gasteiger partial charge in [-0.05, 0) is 42.8 Å². The third-order valence-corrected chi connectivity index (χ3v) is 4.85. The number of carbonyl (C=O) groups excluding carboxylic acids is 1. The van der Waals surface area contributed by atoms with E-state index in [1.165, 1.54) is 12.1 Å². The summed E-state index contributed by atoms with van der Waals surface area (Å²) in [7, 11) is -5.36. The van der Waals surface area contributed by atoms with Crippen LogP contribution in [0.3, 0.4) is 0 Å². The number of halogens is 1. The zero-order valence-corrected chi connectivity index (χ0v) is 20.5. The quantitative estimate of drug-likeness (QED) is 0.287. The second kappa shape index (κ2) is 10.9. The number of phosphoric acid groups is 1. The number of hydrogen-bond donors (Lipinski definition) is 1. The molecule has 0 spiro atoms. The fourth-order valence-corrected chi connectivity index (χ4v) is 3.64. The van der Waals surface area contributed by atoms with E-state index >= 15 is 0 Å². The van der Waals surface area contributed by atoms with Crippen molar-refractivity contribution in [2.45, 2.75) is 12.8 Å². The van der Waals surface area contributed by atoms with E-state index < -0.39 is 25.3 Å². The number of thioether (sulfide) groups is 1. The minimum absolute atomic E-state index is 0. The number of amidine groups is 1. The van der Waals surface area contributed by atoms with Gasteiger partial charge in [0.25, 0.3) is 5.91 Å². The summed E-state index contributed by atoms with van der Waals surface area (Å²) in [6.45, 7) is 1.50. The van der Waals surface area contributed by atoms with Crippen molar-refractivity contribution in [3.8, 4) is 5.75 Å². The molecule has 0 unspecified atom stereocenters. The molecule has 0 bridgehead atoms. The molecule has 134 valence electrons. The zero-order chi connectivity index (χ0) is 18.0. The van der Waals surface area contributed by atoms with Crippen LogP contribution in [0.4, 0.5) is 4.39 Å². The number of carbonyl (C=O) groups is 1. The molecule has 1 N–H and O–H groups in total. The standard InChI is InChI=1S/C14H15FN3O5PS.2Na/c15-10-4-3-9(11(8-10)23-24(20,21)22)7-12-13(19)17-14(25-12)18-6-2-1-5-16-18;;/h3-4,7-8,16H,1-2,5-6H2,(H2,20,21,22);;/q;2*+1/p-2. The van der Waals surface area contributed by atoms with Crippen molar-refractivity contribution in [2.24, 2.45) is 4.99 Å². The molecule has 2 aliphatic rings. The minimum atomic E-state index is -5.36. The van der Waals surface area contributed by atoms with E-state index in [2.05, 4.69) is 14.9 Å². The number of hydrazine groups is 1. The van der Waals surface area contributed by atoms with E-state index in [4.69, 9.17) is 0 Å². The number of hydrogen-bond acceptors (Lipinski definition) is 8. The molecule has 1 aromatic carbocycles. The maximum Gasteiger partial charge on any atom is 1.00 e. The topological polar surface area (TPSA) is 117 Å². The Morgan fingerprint density at radius 3 is 2.70 bits per heavy atom. The molecule has 0 aliphatic carbocycles. The van der Waals surface area contributed by atoms with Gasteiger partial charge in [-0.15, -0.1) is 0 Å². The zero-order valence-electron chi connectivity index (χ0n) is 14.8.